The van der Waals surface area contributed by atoms with Gasteiger partial charge in [-0.1, -0.05) is 0 Å². The van der Waals surface area contributed by atoms with Gasteiger partial charge in [-0.3, -0.25) is 4.90 Å². The van der Waals surface area contributed by atoms with Gasteiger partial charge >= 0.3 is 0 Å². The first-order valence-electron chi connectivity index (χ1n) is 8.37. The highest BCUT2D eigenvalue weighted by molar-refractivity contribution is 5.71. The maximum absolute atomic E-state index is 9.13. The van der Waals surface area contributed by atoms with Gasteiger partial charge in [0.15, 0.2) is 5.65 Å². The van der Waals surface area contributed by atoms with Crippen molar-refractivity contribution in [1.82, 2.24) is 19.4 Å². The lowest BCUT2D eigenvalue weighted by molar-refractivity contribution is 0.187. The van der Waals surface area contributed by atoms with Gasteiger partial charge in [0.2, 0.25) is 0 Å². The molecule has 1 atom stereocenters. The smallest absolute Gasteiger partial charge is 0.160 e. The molecule has 1 saturated heterocycles. The van der Waals surface area contributed by atoms with Crippen LogP contribution in [-0.4, -0.2) is 49.8 Å². The molecule has 2 aromatic rings. The lowest BCUT2D eigenvalue weighted by atomic mass is 10.2. The standard InChI is InChI=1S/C17H26N4O/c1-13(2)20-10-4-6-14(20)12-21-16(8-5-11-22)19-15-7-3-9-18-17(15)21/h3,7,9,13-14,22H,4-6,8,10-12H2,1-2H3. The van der Waals surface area contributed by atoms with Gasteiger partial charge in [0.25, 0.3) is 0 Å². The van der Waals surface area contributed by atoms with Crippen molar-refractivity contribution in [2.45, 2.75) is 58.2 Å². The Labute approximate surface area is 132 Å². The fraction of sp³-hybridized carbons (Fsp3) is 0.647. The lowest BCUT2D eigenvalue weighted by Crippen LogP contribution is -2.38. The molecule has 0 radical (unpaired) electrons. The number of aryl methyl sites for hydroxylation is 1. The number of aliphatic hydroxyl groups is 1. The fourth-order valence-corrected chi connectivity index (χ4v) is 3.57. The maximum Gasteiger partial charge on any atom is 0.160 e. The molecule has 120 valence electrons. The van der Waals surface area contributed by atoms with Crippen LogP contribution in [0.4, 0.5) is 0 Å². The van der Waals surface area contributed by atoms with E-state index < -0.39 is 0 Å². The van der Waals surface area contributed by atoms with Crippen molar-refractivity contribution in [3.63, 3.8) is 0 Å². The number of rotatable bonds is 6. The van der Waals surface area contributed by atoms with Gasteiger partial charge in [0.05, 0.1) is 0 Å². The van der Waals surface area contributed by atoms with Crippen LogP contribution in [0.25, 0.3) is 11.2 Å². The van der Waals surface area contributed by atoms with Crippen molar-refractivity contribution in [2.75, 3.05) is 13.2 Å². The van der Waals surface area contributed by atoms with Crippen molar-refractivity contribution < 1.29 is 5.11 Å². The first-order chi connectivity index (χ1) is 10.7. The Kier molecular flexibility index (Phi) is 4.74. The molecular formula is C17H26N4O. The molecule has 1 unspecified atom stereocenters. The SMILES string of the molecule is CC(C)N1CCCC1Cn1c(CCCO)nc2cccnc21. The molecule has 1 aliphatic heterocycles. The Morgan fingerprint density at radius 2 is 2.27 bits per heavy atom. The van der Waals surface area contributed by atoms with Crippen molar-refractivity contribution in [3.05, 3.63) is 24.2 Å². The fourth-order valence-electron chi connectivity index (χ4n) is 3.57. The molecule has 1 N–H and O–H groups in total. The summed E-state index contributed by atoms with van der Waals surface area (Å²) in [6.07, 6.45) is 5.91. The summed E-state index contributed by atoms with van der Waals surface area (Å²) in [6.45, 7) is 6.89. The van der Waals surface area contributed by atoms with E-state index in [0.717, 1.165) is 36.4 Å². The van der Waals surface area contributed by atoms with Crippen LogP contribution in [0.1, 0.15) is 38.9 Å². The molecule has 0 aliphatic carbocycles. The summed E-state index contributed by atoms with van der Waals surface area (Å²) >= 11 is 0. The van der Waals surface area contributed by atoms with Gasteiger partial charge < -0.3 is 9.67 Å². The van der Waals surface area contributed by atoms with Gasteiger partial charge in [-0.25, -0.2) is 9.97 Å². The number of pyridine rings is 1. The average molecular weight is 302 g/mol. The number of hydrogen-bond donors (Lipinski definition) is 1. The summed E-state index contributed by atoms with van der Waals surface area (Å²) in [7, 11) is 0. The minimum absolute atomic E-state index is 0.207. The van der Waals surface area contributed by atoms with E-state index in [1.54, 1.807) is 0 Å². The molecule has 0 amide bonds. The highest BCUT2D eigenvalue weighted by atomic mass is 16.2. The van der Waals surface area contributed by atoms with Crippen LogP contribution in [0.15, 0.2) is 18.3 Å². The van der Waals surface area contributed by atoms with Crippen LogP contribution >= 0.6 is 0 Å². The third-order valence-corrected chi connectivity index (χ3v) is 4.62. The normalized spacial score (nSPS) is 19.5. The number of imidazole rings is 1. The van der Waals surface area contributed by atoms with Crippen LogP contribution < -0.4 is 0 Å². The van der Waals surface area contributed by atoms with Crippen LogP contribution in [0.3, 0.4) is 0 Å². The molecule has 0 saturated carbocycles. The van der Waals surface area contributed by atoms with E-state index in [0.29, 0.717) is 12.1 Å². The quantitative estimate of drug-likeness (QED) is 0.889. The second kappa shape index (κ2) is 6.75. The average Bonchev–Trinajstić information content (AvgIpc) is 3.11. The van der Waals surface area contributed by atoms with Crippen LogP contribution in [0.5, 0.6) is 0 Å². The molecule has 1 aliphatic rings. The molecule has 3 rings (SSSR count). The molecule has 2 aromatic heterocycles. The summed E-state index contributed by atoms with van der Waals surface area (Å²) in [5.74, 6) is 1.05. The Morgan fingerprint density at radius 1 is 1.41 bits per heavy atom. The number of aromatic nitrogens is 3. The van der Waals surface area contributed by atoms with Crippen LogP contribution in [0.2, 0.25) is 0 Å². The highest BCUT2D eigenvalue weighted by Gasteiger charge is 2.28. The minimum Gasteiger partial charge on any atom is -0.396 e. The Balaban J connectivity index is 1.90. The third-order valence-electron chi connectivity index (χ3n) is 4.62. The molecule has 0 aromatic carbocycles. The topological polar surface area (TPSA) is 54.2 Å². The van der Waals surface area contributed by atoms with Gasteiger partial charge in [-0.05, 0) is 51.8 Å². The van der Waals surface area contributed by atoms with Crippen molar-refractivity contribution >= 4 is 11.2 Å². The summed E-state index contributed by atoms with van der Waals surface area (Å²) in [5, 5.41) is 9.13. The van der Waals surface area contributed by atoms with E-state index in [2.05, 4.69) is 28.3 Å². The number of aliphatic hydroxyl groups excluding tert-OH is 1. The monoisotopic (exact) mass is 302 g/mol. The van der Waals surface area contributed by atoms with E-state index in [1.807, 2.05) is 18.3 Å². The Bertz CT molecular complexity index is 622. The van der Waals surface area contributed by atoms with Crippen molar-refractivity contribution in [3.8, 4) is 0 Å². The zero-order valence-electron chi connectivity index (χ0n) is 13.6. The molecule has 3 heterocycles. The van der Waals surface area contributed by atoms with Crippen molar-refractivity contribution in [1.29, 1.82) is 0 Å². The maximum atomic E-state index is 9.13. The number of likely N-dealkylation sites (tertiary alicyclic amines) is 1. The third kappa shape index (κ3) is 3.01. The summed E-state index contributed by atoms with van der Waals surface area (Å²) in [5.41, 5.74) is 1.94. The molecule has 0 spiro atoms. The molecule has 22 heavy (non-hydrogen) atoms. The molecule has 5 nitrogen and oxygen atoms in total. The van der Waals surface area contributed by atoms with Gasteiger partial charge in [-0.15, -0.1) is 0 Å². The van der Waals surface area contributed by atoms with E-state index in [1.165, 1.54) is 19.4 Å². The van der Waals surface area contributed by atoms with E-state index in [9.17, 15) is 0 Å². The van der Waals surface area contributed by atoms with Crippen molar-refractivity contribution in [2.24, 2.45) is 0 Å². The molecular weight excluding hydrogens is 276 g/mol. The summed E-state index contributed by atoms with van der Waals surface area (Å²) < 4.78 is 2.27. The second-order valence-electron chi connectivity index (χ2n) is 6.44. The first-order valence-corrected chi connectivity index (χ1v) is 8.37. The number of fused-ring (bicyclic) bond motifs is 1. The number of nitrogens with zero attached hydrogens (tertiary/aromatic N) is 4. The van der Waals surface area contributed by atoms with Gasteiger partial charge in [0.1, 0.15) is 11.3 Å². The Hall–Kier alpha value is -1.46. The summed E-state index contributed by atoms with van der Waals surface area (Å²) in [4.78, 5) is 11.9. The van der Waals surface area contributed by atoms with E-state index in [-0.39, 0.29) is 6.61 Å². The molecule has 5 heteroatoms. The predicted molar refractivity (Wildman–Crippen MR) is 87.8 cm³/mol. The minimum atomic E-state index is 0.207. The molecule has 0 bridgehead atoms. The van der Waals surface area contributed by atoms with Crippen LogP contribution in [0, 0.1) is 0 Å². The van der Waals surface area contributed by atoms with Gasteiger partial charge in [-0.2, -0.15) is 0 Å². The molecule has 1 fully saturated rings. The highest BCUT2D eigenvalue weighted by Crippen LogP contribution is 2.24. The van der Waals surface area contributed by atoms with E-state index in [4.69, 9.17) is 10.1 Å². The first kappa shape index (κ1) is 15.4. The number of hydrogen-bond acceptors (Lipinski definition) is 4. The summed E-state index contributed by atoms with van der Waals surface area (Å²) in [6, 6.07) is 5.10. The zero-order chi connectivity index (χ0) is 15.5. The largest absolute Gasteiger partial charge is 0.396 e. The lowest BCUT2D eigenvalue weighted by Gasteiger charge is -2.29. The van der Waals surface area contributed by atoms with E-state index >= 15 is 0 Å². The zero-order valence-corrected chi connectivity index (χ0v) is 13.6. The van der Waals surface area contributed by atoms with Gasteiger partial charge in [0, 0.05) is 37.9 Å². The Morgan fingerprint density at radius 3 is 3.05 bits per heavy atom. The predicted octanol–water partition coefficient (Wildman–Crippen LogP) is 2.23. The van der Waals surface area contributed by atoms with Crippen LogP contribution in [-0.2, 0) is 13.0 Å². The second-order valence-corrected chi connectivity index (χ2v) is 6.44.